The van der Waals surface area contributed by atoms with Crippen LogP contribution in [0.5, 0.6) is 5.75 Å². The van der Waals surface area contributed by atoms with E-state index >= 15 is 0 Å². The van der Waals surface area contributed by atoms with Crippen molar-refractivity contribution in [1.29, 1.82) is 0 Å². The molecule has 26 heavy (non-hydrogen) atoms. The van der Waals surface area contributed by atoms with Crippen molar-refractivity contribution in [2.75, 3.05) is 11.9 Å². The van der Waals surface area contributed by atoms with Gasteiger partial charge in [-0.15, -0.1) is 0 Å². The molecular weight excluding hydrogens is 380 g/mol. The van der Waals surface area contributed by atoms with E-state index in [1.54, 1.807) is 18.2 Å². The molecule has 0 unspecified atom stereocenters. The van der Waals surface area contributed by atoms with Crippen LogP contribution in [-0.4, -0.2) is 26.8 Å². The zero-order valence-electron chi connectivity index (χ0n) is 14.1. The number of hydrogen-bond acceptors (Lipinski definition) is 5. The number of amides is 2. The van der Waals surface area contributed by atoms with Crippen molar-refractivity contribution in [2.24, 2.45) is 0 Å². The maximum Gasteiger partial charge on any atom is 0.264 e. The summed E-state index contributed by atoms with van der Waals surface area (Å²) in [7, 11) is -3.91. The quantitative estimate of drug-likeness (QED) is 0.781. The Labute approximate surface area is 156 Å². The van der Waals surface area contributed by atoms with Crippen molar-refractivity contribution in [3.8, 4) is 5.75 Å². The van der Waals surface area contributed by atoms with Crippen molar-refractivity contribution < 1.29 is 22.7 Å². The summed E-state index contributed by atoms with van der Waals surface area (Å²) in [5, 5.41) is 3.19. The van der Waals surface area contributed by atoms with Gasteiger partial charge in [0.25, 0.3) is 15.9 Å². The van der Waals surface area contributed by atoms with E-state index in [-0.39, 0.29) is 11.5 Å². The Kier molecular flexibility index (Phi) is 6.23. The molecule has 2 rings (SSSR count). The van der Waals surface area contributed by atoms with Crippen molar-refractivity contribution >= 4 is 39.1 Å². The van der Waals surface area contributed by atoms with Crippen LogP contribution in [0.4, 0.5) is 5.69 Å². The molecule has 2 aromatic carbocycles. The topological polar surface area (TPSA) is 102 Å². The molecule has 2 aromatic rings. The van der Waals surface area contributed by atoms with Gasteiger partial charge in [0.05, 0.1) is 4.90 Å². The summed E-state index contributed by atoms with van der Waals surface area (Å²) in [5.74, 6) is -0.578. The third-order valence-electron chi connectivity index (χ3n) is 3.23. The van der Waals surface area contributed by atoms with Crippen LogP contribution in [-0.2, 0) is 19.6 Å². The maximum atomic E-state index is 11.9. The standard InChI is InChI=1S/C17H17ClN2O5S/c1-11-9-14(5-8-16(11)18)25-10-17(22)19-13-3-6-15(7-4-13)26(23,24)20-12(2)21/h3-9H,10H2,1-2H3,(H,19,22)(H,20,21). The van der Waals surface area contributed by atoms with Gasteiger partial charge >= 0.3 is 0 Å². The van der Waals surface area contributed by atoms with Gasteiger partial charge in [0.2, 0.25) is 5.91 Å². The van der Waals surface area contributed by atoms with Crippen molar-refractivity contribution in [3.05, 3.63) is 53.1 Å². The predicted molar refractivity (Wildman–Crippen MR) is 97.8 cm³/mol. The van der Waals surface area contributed by atoms with Crippen LogP contribution >= 0.6 is 11.6 Å². The number of ether oxygens (including phenoxy) is 1. The van der Waals surface area contributed by atoms with E-state index in [0.29, 0.717) is 16.5 Å². The number of rotatable bonds is 6. The van der Waals surface area contributed by atoms with E-state index in [4.69, 9.17) is 16.3 Å². The van der Waals surface area contributed by atoms with Crippen molar-refractivity contribution in [1.82, 2.24) is 4.72 Å². The van der Waals surface area contributed by atoms with Crippen LogP contribution in [0.3, 0.4) is 0 Å². The molecule has 0 aliphatic carbocycles. The Hall–Kier alpha value is -2.58. The smallest absolute Gasteiger partial charge is 0.264 e. The molecule has 0 atom stereocenters. The number of benzene rings is 2. The molecule has 138 valence electrons. The third kappa shape index (κ3) is 5.47. The zero-order chi connectivity index (χ0) is 19.3. The normalized spacial score (nSPS) is 10.9. The van der Waals surface area contributed by atoms with Gasteiger partial charge in [-0.25, -0.2) is 13.1 Å². The highest BCUT2D eigenvalue weighted by atomic mass is 35.5. The first kappa shape index (κ1) is 19.7. The minimum absolute atomic E-state index is 0.0846. The SMILES string of the molecule is CC(=O)NS(=O)(=O)c1ccc(NC(=O)COc2ccc(Cl)c(C)c2)cc1. The average Bonchev–Trinajstić information content (AvgIpc) is 2.55. The Morgan fingerprint density at radius 3 is 2.35 bits per heavy atom. The number of carbonyl (C=O) groups excluding carboxylic acids is 2. The van der Waals surface area contributed by atoms with E-state index in [9.17, 15) is 18.0 Å². The van der Waals surface area contributed by atoms with E-state index in [1.165, 1.54) is 24.3 Å². The summed E-state index contributed by atoms with van der Waals surface area (Å²) in [6, 6.07) is 10.5. The molecule has 9 heteroatoms. The van der Waals surface area contributed by atoms with Gasteiger partial charge in [0, 0.05) is 17.6 Å². The number of nitrogens with one attached hydrogen (secondary N) is 2. The molecule has 2 N–H and O–H groups in total. The van der Waals surface area contributed by atoms with Crippen LogP contribution in [0, 0.1) is 6.92 Å². The van der Waals surface area contributed by atoms with Crippen LogP contribution < -0.4 is 14.8 Å². The van der Waals surface area contributed by atoms with Gasteiger partial charge in [0.1, 0.15) is 5.75 Å². The summed E-state index contributed by atoms with van der Waals surface area (Å²) in [5.41, 5.74) is 1.23. The first-order chi connectivity index (χ1) is 12.2. The monoisotopic (exact) mass is 396 g/mol. The lowest BCUT2D eigenvalue weighted by Crippen LogP contribution is -2.28. The fraction of sp³-hybridized carbons (Fsp3) is 0.176. The molecule has 0 aliphatic heterocycles. The summed E-state index contributed by atoms with van der Waals surface area (Å²) >= 11 is 5.92. The maximum absolute atomic E-state index is 11.9. The number of aryl methyl sites for hydroxylation is 1. The minimum Gasteiger partial charge on any atom is -0.484 e. The minimum atomic E-state index is -3.91. The number of anilines is 1. The highest BCUT2D eigenvalue weighted by Crippen LogP contribution is 2.21. The Morgan fingerprint density at radius 1 is 1.12 bits per heavy atom. The molecule has 0 fully saturated rings. The Balaban J connectivity index is 1.95. The zero-order valence-corrected chi connectivity index (χ0v) is 15.6. The summed E-state index contributed by atoms with van der Waals surface area (Å²) in [6.45, 7) is 2.72. The third-order valence-corrected chi connectivity index (χ3v) is 5.10. The van der Waals surface area contributed by atoms with Gasteiger partial charge in [-0.3, -0.25) is 9.59 Å². The van der Waals surface area contributed by atoms with E-state index in [2.05, 4.69) is 5.32 Å². The molecule has 0 aromatic heterocycles. The van der Waals surface area contributed by atoms with E-state index < -0.39 is 21.8 Å². The number of halogens is 1. The van der Waals surface area contributed by atoms with Gasteiger partial charge in [0.15, 0.2) is 6.61 Å². The second-order valence-corrected chi connectivity index (χ2v) is 7.52. The molecule has 0 radical (unpaired) electrons. The Bertz CT molecular complexity index is 927. The molecule has 0 saturated carbocycles. The molecule has 0 spiro atoms. The Morgan fingerprint density at radius 2 is 1.77 bits per heavy atom. The fourth-order valence-electron chi connectivity index (χ4n) is 2.02. The van der Waals surface area contributed by atoms with E-state index in [1.807, 2.05) is 11.6 Å². The van der Waals surface area contributed by atoms with Gasteiger partial charge in [-0.05, 0) is 55.0 Å². The predicted octanol–water partition coefficient (Wildman–Crippen LogP) is 2.49. The molecule has 0 saturated heterocycles. The van der Waals surface area contributed by atoms with Crippen LogP contribution in [0.15, 0.2) is 47.4 Å². The summed E-state index contributed by atoms with van der Waals surface area (Å²) in [6.07, 6.45) is 0. The number of carbonyl (C=O) groups is 2. The van der Waals surface area contributed by atoms with Crippen molar-refractivity contribution in [2.45, 2.75) is 18.7 Å². The highest BCUT2D eigenvalue weighted by molar-refractivity contribution is 7.90. The number of sulfonamides is 1. The van der Waals surface area contributed by atoms with Crippen LogP contribution in [0.1, 0.15) is 12.5 Å². The van der Waals surface area contributed by atoms with E-state index in [0.717, 1.165) is 12.5 Å². The first-order valence-corrected chi connectivity index (χ1v) is 9.36. The number of hydrogen-bond donors (Lipinski definition) is 2. The fourth-order valence-corrected chi connectivity index (χ4v) is 3.13. The summed E-state index contributed by atoms with van der Waals surface area (Å²) in [4.78, 5) is 22.7. The first-order valence-electron chi connectivity index (χ1n) is 7.49. The largest absolute Gasteiger partial charge is 0.484 e. The molecule has 2 amide bonds. The lowest BCUT2D eigenvalue weighted by Gasteiger charge is -2.09. The van der Waals surface area contributed by atoms with Gasteiger partial charge in [-0.2, -0.15) is 0 Å². The average molecular weight is 397 g/mol. The molecule has 0 heterocycles. The van der Waals surface area contributed by atoms with Crippen LogP contribution in [0.25, 0.3) is 0 Å². The summed E-state index contributed by atoms with van der Waals surface area (Å²) < 4.78 is 30.9. The second kappa shape index (κ2) is 8.20. The lowest BCUT2D eigenvalue weighted by atomic mass is 10.2. The molecule has 0 aliphatic rings. The molecular formula is C17H17ClN2O5S. The second-order valence-electron chi connectivity index (χ2n) is 5.43. The van der Waals surface area contributed by atoms with Crippen LogP contribution in [0.2, 0.25) is 5.02 Å². The van der Waals surface area contributed by atoms with Gasteiger partial charge < -0.3 is 10.1 Å². The molecule has 7 nitrogen and oxygen atoms in total. The highest BCUT2D eigenvalue weighted by Gasteiger charge is 2.15. The van der Waals surface area contributed by atoms with Crippen molar-refractivity contribution in [3.63, 3.8) is 0 Å². The lowest BCUT2D eigenvalue weighted by molar-refractivity contribution is -0.118. The molecule has 0 bridgehead atoms. The van der Waals surface area contributed by atoms with Gasteiger partial charge in [-0.1, -0.05) is 11.6 Å².